The molecular weight excluding hydrogens is 467 g/mol. The lowest BCUT2D eigenvalue weighted by atomic mass is 10.1. The number of hydrogen-bond donors (Lipinski definition) is 1. The third kappa shape index (κ3) is 6.05. The highest BCUT2D eigenvalue weighted by Gasteiger charge is 2.36. The van der Waals surface area contributed by atoms with E-state index in [0.717, 1.165) is 30.4 Å². The average Bonchev–Trinajstić information content (AvgIpc) is 2.82. The van der Waals surface area contributed by atoms with Crippen LogP contribution in [0, 0.1) is 0 Å². The highest BCUT2D eigenvalue weighted by atomic mass is 35.5. The summed E-state index contributed by atoms with van der Waals surface area (Å²) in [5.74, 6) is 1.16. The summed E-state index contributed by atoms with van der Waals surface area (Å²) in [5, 5.41) is 0.721. The first-order chi connectivity index (χ1) is 16.3. The molecule has 1 fully saturated rings. The third-order valence-corrected chi connectivity index (χ3v) is 5.92. The van der Waals surface area contributed by atoms with E-state index < -0.39 is 11.7 Å². The molecule has 11 heteroatoms. The number of nitrogen functional groups attached to an aromatic ring is 1. The van der Waals surface area contributed by atoms with Crippen LogP contribution < -0.4 is 15.5 Å². The van der Waals surface area contributed by atoms with Gasteiger partial charge in [0.15, 0.2) is 0 Å². The molecule has 180 valence electrons. The molecule has 4 rings (SSSR count). The Kier molecular flexibility index (Phi) is 7.35. The van der Waals surface area contributed by atoms with Crippen molar-refractivity contribution in [1.29, 1.82) is 0 Å². The number of alkyl halides is 3. The fourth-order valence-corrected chi connectivity index (χ4v) is 4.06. The van der Waals surface area contributed by atoms with Crippen molar-refractivity contribution in [3.05, 3.63) is 64.6 Å². The summed E-state index contributed by atoms with van der Waals surface area (Å²) in [7, 11) is 0. The van der Waals surface area contributed by atoms with Crippen LogP contribution >= 0.6 is 11.6 Å². The van der Waals surface area contributed by atoms with Gasteiger partial charge in [0.2, 0.25) is 11.9 Å². The molecule has 1 saturated heterocycles. The molecule has 2 aromatic heterocycles. The molecule has 3 heterocycles. The van der Waals surface area contributed by atoms with Gasteiger partial charge in [0.1, 0.15) is 11.6 Å². The number of pyridine rings is 1. The molecule has 3 aromatic rings. The Bertz CT molecular complexity index is 1100. The van der Waals surface area contributed by atoms with Gasteiger partial charge >= 0.3 is 6.18 Å². The van der Waals surface area contributed by atoms with Crippen LogP contribution in [0.15, 0.2) is 42.6 Å². The van der Waals surface area contributed by atoms with Crippen molar-refractivity contribution in [2.75, 3.05) is 41.7 Å². The summed E-state index contributed by atoms with van der Waals surface area (Å²) >= 11 is 5.92. The standard InChI is InChI=1S/C23H25ClF3N7/c24-17-9-7-16(8-10-17)4-1-2-6-19-30-21(28)32-22(31-19)34-14-12-33(13-15-34)20-18(23(25,26)27)5-3-11-29-20/h3,5,7-11H,1-2,4,6,12-15H2,(H2,28,30,31,32). The number of nitrogens with two attached hydrogens (primary N) is 1. The number of halogens is 4. The first kappa shape index (κ1) is 24.0. The highest BCUT2D eigenvalue weighted by molar-refractivity contribution is 6.30. The van der Waals surface area contributed by atoms with Gasteiger partial charge in [-0.05, 0) is 49.1 Å². The number of rotatable bonds is 7. The van der Waals surface area contributed by atoms with Crippen molar-refractivity contribution in [3.8, 4) is 0 Å². The predicted octanol–water partition coefficient (Wildman–Crippen LogP) is 4.41. The molecule has 0 saturated carbocycles. The van der Waals surface area contributed by atoms with Crippen LogP contribution in [-0.2, 0) is 19.0 Å². The number of aryl methyl sites for hydroxylation is 2. The minimum absolute atomic E-state index is 0.0498. The zero-order valence-electron chi connectivity index (χ0n) is 18.5. The van der Waals surface area contributed by atoms with Crippen LogP contribution in [0.2, 0.25) is 5.02 Å². The number of piperazine rings is 1. The zero-order chi connectivity index (χ0) is 24.1. The van der Waals surface area contributed by atoms with E-state index in [2.05, 4.69) is 19.9 Å². The molecule has 2 N–H and O–H groups in total. The van der Waals surface area contributed by atoms with Gasteiger partial charge in [0.25, 0.3) is 0 Å². The monoisotopic (exact) mass is 491 g/mol. The Morgan fingerprint density at radius 1 is 0.882 bits per heavy atom. The molecule has 1 aliphatic rings. The molecule has 0 radical (unpaired) electrons. The molecule has 1 aliphatic heterocycles. The van der Waals surface area contributed by atoms with E-state index in [0.29, 0.717) is 44.4 Å². The van der Waals surface area contributed by atoms with Crippen molar-refractivity contribution in [2.45, 2.75) is 31.9 Å². The fraction of sp³-hybridized carbons (Fsp3) is 0.391. The molecule has 1 aromatic carbocycles. The summed E-state index contributed by atoms with van der Waals surface area (Å²) in [6.45, 7) is 1.63. The SMILES string of the molecule is Nc1nc(CCCCc2ccc(Cl)cc2)nc(N2CCN(c3ncccc3C(F)(F)F)CC2)n1. The van der Waals surface area contributed by atoms with Gasteiger partial charge in [0, 0.05) is 43.8 Å². The van der Waals surface area contributed by atoms with Crippen LogP contribution in [0.3, 0.4) is 0 Å². The van der Waals surface area contributed by atoms with Crippen molar-refractivity contribution >= 4 is 29.3 Å². The maximum atomic E-state index is 13.4. The zero-order valence-corrected chi connectivity index (χ0v) is 19.2. The minimum atomic E-state index is -4.45. The van der Waals surface area contributed by atoms with E-state index in [4.69, 9.17) is 17.3 Å². The van der Waals surface area contributed by atoms with E-state index in [1.807, 2.05) is 29.2 Å². The number of benzene rings is 1. The number of unbranched alkanes of at least 4 members (excludes halogenated alkanes) is 1. The maximum absolute atomic E-state index is 13.4. The first-order valence-corrected chi connectivity index (χ1v) is 11.4. The van der Waals surface area contributed by atoms with Gasteiger partial charge in [-0.2, -0.15) is 28.1 Å². The van der Waals surface area contributed by atoms with E-state index in [9.17, 15) is 13.2 Å². The van der Waals surface area contributed by atoms with Crippen LogP contribution in [0.4, 0.5) is 30.9 Å². The Balaban J connectivity index is 1.34. The number of nitrogens with zero attached hydrogens (tertiary/aromatic N) is 6. The van der Waals surface area contributed by atoms with Gasteiger partial charge in [0.05, 0.1) is 5.56 Å². The van der Waals surface area contributed by atoms with Gasteiger partial charge in [-0.15, -0.1) is 0 Å². The van der Waals surface area contributed by atoms with Gasteiger partial charge in [-0.25, -0.2) is 4.98 Å². The molecule has 0 bridgehead atoms. The summed E-state index contributed by atoms with van der Waals surface area (Å²) in [6.07, 6.45) is 0.372. The Labute approximate surface area is 200 Å². The van der Waals surface area contributed by atoms with Crippen molar-refractivity contribution in [3.63, 3.8) is 0 Å². The predicted molar refractivity (Wildman–Crippen MR) is 126 cm³/mol. The lowest BCUT2D eigenvalue weighted by Gasteiger charge is -2.36. The Hall–Kier alpha value is -3.14. The number of anilines is 3. The van der Waals surface area contributed by atoms with Crippen LogP contribution in [0.25, 0.3) is 0 Å². The normalized spacial score (nSPS) is 14.5. The van der Waals surface area contributed by atoms with Crippen molar-refractivity contribution < 1.29 is 13.2 Å². The second kappa shape index (κ2) is 10.4. The van der Waals surface area contributed by atoms with E-state index >= 15 is 0 Å². The fourth-order valence-electron chi connectivity index (χ4n) is 3.93. The smallest absolute Gasteiger partial charge is 0.368 e. The molecule has 0 spiro atoms. The Morgan fingerprint density at radius 3 is 2.26 bits per heavy atom. The van der Waals surface area contributed by atoms with Crippen molar-refractivity contribution in [1.82, 2.24) is 19.9 Å². The molecule has 0 aliphatic carbocycles. The largest absolute Gasteiger partial charge is 0.419 e. The molecule has 0 amide bonds. The van der Waals surface area contributed by atoms with E-state index in [-0.39, 0.29) is 11.8 Å². The van der Waals surface area contributed by atoms with E-state index in [1.165, 1.54) is 17.8 Å². The van der Waals surface area contributed by atoms with E-state index in [1.54, 1.807) is 4.90 Å². The maximum Gasteiger partial charge on any atom is 0.419 e. The topological polar surface area (TPSA) is 84.1 Å². The van der Waals surface area contributed by atoms with Crippen LogP contribution in [0.5, 0.6) is 0 Å². The van der Waals surface area contributed by atoms with Gasteiger partial charge in [-0.3, -0.25) is 0 Å². The van der Waals surface area contributed by atoms with Crippen LogP contribution in [0.1, 0.15) is 29.8 Å². The first-order valence-electron chi connectivity index (χ1n) is 11.1. The summed E-state index contributed by atoms with van der Waals surface area (Å²) in [4.78, 5) is 20.6. The summed E-state index contributed by atoms with van der Waals surface area (Å²) in [6, 6.07) is 10.2. The van der Waals surface area contributed by atoms with Gasteiger partial charge in [-0.1, -0.05) is 23.7 Å². The second-order valence-electron chi connectivity index (χ2n) is 8.09. The number of hydrogen-bond acceptors (Lipinski definition) is 7. The lowest BCUT2D eigenvalue weighted by Crippen LogP contribution is -2.48. The molecule has 0 atom stereocenters. The number of aromatic nitrogens is 4. The third-order valence-electron chi connectivity index (χ3n) is 5.67. The lowest BCUT2D eigenvalue weighted by molar-refractivity contribution is -0.137. The molecule has 34 heavy (non-hydrogen) atoms. The summed E-state index contributed by atoms with van der Waals surface area (Å²) in [5.41, 5.74) is 6.41. The molecular formula is C23H25ClF3N7. The average molecular weight is 492 g/mol. The molecule has 7 nitrogen and oxygen atoms in total. The van der Waals surface area contributed by atoms with Crippen LogP contribution in [-0.4, -0.2) is 46.1 Å². The summed E-state index contributed by atoms with van der Waals surface area (Å²) < 4.78 is 40.1. The quantitative estimate of drug-likeness (QED) is 0.490. The second-order valence-corrected chi connectivity index (χ2v) is 8.53. The van der Waals surface area contributed by atoms with Gasteiger partial charge < -0.3 is 15.5 Å². The van der Waals surface area contributed by atoms with Crippen molar-refractivity contribution in [2.24, 2.45) is 0 Å². The Morgan fingerprint density at radius 2 is 1.56 bits per heavy atom. The molecule has 0 unspecified atom stereocenters. The minimum Gasteiger partial charge on any atom is -0.368 e. The highest BCUT2D eigenvalue weighted by Crippen LogP contribution is 2.35.